The quantitative estimate of drug-likeness (QED) is 0.240. The molecule has 0 radical (unpaired) electrons. The molecule has 0 aromatic rings. The van der Waals surface area contributed by atoms with E-state index in [0.29, 0.717) is 13.2 Å². The van der Waals surface area contributed by atoms with Crippen LogP contribution in [-0.2, 0) is 14.2 Å². The molecule has 2 N–H and O–H groups in total. The molecule has 0 amide bonds. The van der Waals surface area contributed by atoms with E-state index in [1.807, 2.05) is 6.92 Å². The summed E-state index contributed by atoms with van der Waals surface area (Å²) in [6, 6.07) is 0.220. The van der Waals surface area contributed by atoms with Crippen molar-refractivity contribution in [3.8, 4) is 0 Å². The highest BCUT2D eigenvalue weighted by Crippen LogP contribution is 2.11. The van der Waals surface area contributed by atoms with E-state index in [2.05, 4.69) is 22.5 Å². The summed E-state index contributed by atoms with van der Waals surface area (Å²) in [5.41, 5.74) is 0. The highest BCUT2D eigenvalue weighted by molar-refractivity contribution is 14.0. The van der Waals surface area contributed by atoms with Crippen molar-refractivity contribution in [3.63, 3.8) is 0 Å². The van der Waals surface area contributed by atoms with E-state index >= 15 is 0 Å². The van der Waals surface area contributed by atoms with Crippen molar-refractivity contribution < 1.29 is 14.2 Å². The van der Waals surface area contributed by atoms with Gasteiger partial charge in [0, 0.05) is 39.5 Å². The van der Waals surface area contributed by atoms with E-state index in [4.69, 9.17) is 14.2 Å². The van der Waals surface area contributed by atoms with Crippen molar-refractivity contribution in [2.75, 3.05) is 46.6 Å². The average Bonchev–Trinajstić information content (AvgIpc) is 2.97. The Kier molecular flexibility index (Phi) is 14.4. The van der Waals surface area contributed by atoms with Crippen LogP contribution in [0.3, 0.4) is 0 Å². The first-order valence-electron chi connectivity index (χ1n) is 7.99. The summed E-state index contributed by atoms with van der Waals surface area (Å²) >= 11 is 0. The Morgan fingerprint density at radius 3 is 2.91 bits per heavy atom. The van der Waals surface area contributed by atoms with Gasteiger partial charge in [-0.05, 0) is 33.1 Å². The first-order valence-corrected chi connectivity index (χ1v) is 7.99. The minimum Gasteiger partial charge on any atom is -0.383 e. The molecular weight excluding hydrogens is 397 g/mol. The fourth-order valence-corrected chi connectivity index (χ4v) is 2.18. The van der Waals surface area contributed by atoms with Gasteiger partial charge < -0.3 is 24.8 Å². The van der Waals surface area contributed by atoms with E-state index in [9.17, 15) is 0 Å². The summed E-state index contributed by atoms with van der Waals surface area (Å²) in [5.74, 6) is 0.826. The molecule has 0 aromatic carbocycles. The largest absolute Gasteiger partial charge is 0.383 e. The van der Waals surface area contributed by atoms with Crippen molar-refractivity contribution >= 4 is 29.9 Å². The van der Waals surface area contributed by atoms with Crippen molar-refractivity contribution in [3.05, 3.63) is 0 Å². The number of methoxy groups -OCH3 is 1. The molecule has 0 aromatic heterocycles. The van der Waals surface area contributed by atoms with Crippen molar-refractivity contribution in [2.45, 2.75) is 45.3 Å². The predicted octanol–water partition coefficient (Wildman–Crippen LogP) is 1.78. The van der Waals surface area contributed by atoms with Crippen LogP contribution in [0.5, 0.6) is 0 Å². The molecule has 132 valence electrons. The summed E-state index contributed by atoms with van der Waals surface area (Å²) in [6.07, 6.45) is 3.48. The van der Waals surface area contributed by atoms with Crippen molar-refractivity contribution in [1.82, 2.24) is 10.6 Å². The fourth-order valence-electron chi connectivity index (χ4n) is 2.18. The molecule has 0 bridgehead atoms. The third-order valence-electron chi connectivity index (χ3n) is 3.24. The van der Waals surface area contributed by atoms with Gasteiger partial charge >= 0.3 is 0 Å². The van der Waals surface area contributed by atoms with Crippen LogP contribution in [0.15, 0.2) is 4.99 Å². The maximum absolute atomic E-state index is 5.61. The molecule has 7 heteroatoms. The fraction of sp³-hybridized carbons (Fsp3) is 0.933. The lowest BCUT2D eigenvalue weighted by molar-refractivity contribution is 0.117. The first-order chi connectivity index (χ1) is 10.3. The zero-order valence-electron chi connectivity index (χ0n) is 14.1. The van der Waals surface area contributed by atoms with Gasteiger partial charge in [0.2, 0.25) is 0 Å². The van der Waals surface area contributed by atoms with Crippen LogP contribution >= 0.6 is 24.0 Å². The number of hydrogen-bond donors (Lipinski definition) is 2. The van der Waals surface area contributed by atoms with Gasteiger partial charge in [-0.3, -0.25) is 4.99 Å². The van der Waals surface area contributed by atoms with Crippen LogP contribution in [0.2, 0.25) is 0 Å². The maximum atomic E-state index is 5.61. The Bertz CT molecular complexity index is 287. The third kappa shape index (κ3) is 10.6. The zero-order chi connectivity index (χ0) is 15.3. The van der Waals surface area contributed by atoms with Crippen LogP contribution in [0.4, 0.5) is 0 Å². The molecule has 22 heavy (non-hydrogen) atoms. The highest BCUT2D eigenvalue weighted by Gasteiger charge is 2.15. The van der Waals surface area contributed by atoms with Gasteiger partial charge in [-0.1, -0.05) is 0 Å². The second-order valence-corrected chi connectivity index (χ2v) is 5.30. The molecule has 1 aliphatic rings. The highest BCUT2D eigenvalue weighted by atomic mass is 127. The van der Waals surface area contributed by atoms with Crippen molar-refractivity contribution in [2.24, 2.45) is 4.99 Å². The summed E-state index contributed by atoms with van der Waals surface area (Å²) in [4.78, 5) is 4.62. The smallest absolute Gasteiger partial charge is 0.191 e. The molecule has 1 heterocycles. The number of aliphatic imine (C=N–C) groups is 1. The third-order valence-corrected chi connectivity index (χ3v) is 3.24. The molecule has 2 unspecified atom stereocenters. The number of rotatable bonds is 10. The lowest BCUT2D eigenvalue weighted by Gasteiger charge is -2.18. The average molecular weight is 429 g/mol. The van der Waals surface area contributed by atoms with E-state index in [-0.39, 0.29) is 36.1 Å². The van der Waals surface area contributed by atoms with Crippen molar-refractivity contribution in [1.29, 1.82) is 0 Å². The lowest BCUT2D eigenvalue weighted by Crippen LogP contribution is -2.44. The molecule has 1 aliphatic heterocycles. The van der Waals surface area contributed by atoms with E-state index in [1.54, 1.807) is 7.11 Å². The molecule has 0 spiro atoms. The second-order valence-electron chi connectivity index (χ2n) is 5.30. The SMILES string of the molecule is CCOCCCNC(=NCC1CCCO1)NC(C)COC.I. The van der Waals surface area contributed by atoms with Gasteiger partial charge in [-0.2, -0.15) is 0 Å². The Morgan fingerprint density at radius 2 is 2.27 bits per heavy atom. The monoisotopic (exact) mass is 429 g/mol. The number of halogens is 1. The predicted molar refractivity (Wildman–Crippen MR) is 100 cm³/mol. The number of nitrogens with one attached hydrogen (secondary N) is 2. The molecule has 0 aliphatic carbocycles. The summed E-state index contributed by atoms with van der Waals surface area (Å²) in [5, 5.41) is 6.69. The van der Waals surface area contributed by atoms with Crippen LogP contribution in [0, 0.1) is 0 Å². The van der Waals surface area contributed by atoms with Gasteiger partial charge in [0.25, 0.3) is 0 Å². The first kappa shape index (κ1) is 21.9. The topological polar surface area (TPSA) is 64.1 Å². The Hall–Kier alpha value is -0.120. The number of guanidine groups is 1. The van der Waals surface area contributed by atoms with E-state index < -0.39 is 0 Å². The lowest BCUT2D eigenvalue weighted by atomic mass is 10.2. The molecule has 0 saturated carbocycles. The number of nitrogens with zero attached hydrogens (tertiary/aromatic N) is 1. The molecular formula is C15H32IN3O3. The minimum atomic E-state index is 0. The Balaban J connectivity index is 0.00000441. The molecule has 1 fully saturated rings. The normalized spacial score (nSPS) is 19.6. The molecule has 2 atom stereocenters. The van der Waals surface area contributed by atoms with Crippen LogP contribution in [0.1, 0.15) is 33.1 Å². The Labute approximate surface area is 151 Å². The minimum absolute atomic E-state index is 0. The molecule has 1 rings (SSSR count). The standard InChI is InChI=1S/C15H31N3O3.HI/c1-4-20-9-6-8-16-15(18-13(2)12-19-3)17-11-14-7-5-10-21-14;/h13-14H,4-12H2,1-3H3,(H2,16,17,18);1H. The second kappa shape index (κ2) is 14.5. The molecule has 6 nitrogen and oxygen atoms in total. The number of hydrogen-bond acceptors (Lipinski definition) is 4. The summed E-state index contributed by atoms with van der Waals surface area (Å²) < 4.78 is 16.1. The number of ether oxygens (including phenoxy) is 3. The molecule has 1 saturated heterocycles. The van der Waals surface area contributed by atoms with E-state index in [1.165, 1.54) is 0 Å². The van der Waals surface area contributed by atoms with Crippen LogP contribution in [0.25, 0.3) is 0 Å². The Morgan fingerprint density at radius 1 is 1.45 bits per heavy atom. The van der Waals surface area contributed by atoms with Gasteiger partial charge in [0.15, 0.2) is 5.96 Å². The van der Waals surface area contributed by atoms with E-state index in [0.717, 1.165) is 51.6 Å². The summed E-state index contributed by atoms with van der Waals surface area (Å²) in [7, 11) is 1.71. The van der Waals surface area contributed by atoms with Gasteiger partial charge in [0.1, 0.15) is 0 Å². The summed E-state index contributed by atoms with van der Waals surface area (Å²) in [6.45, 7) is 8.70. The maximum Gasteiger partial charge on any atom is 0.191 e. The van der Waals surface area contributed by atoms with Gasteiger partial charge in [-0.25, -0.2) is 0 Å². The van der Waals surface area contributed by atoms with Crippen LogP contribution in [-0.4, -0.2) is 64.7 Å². The van der Waals surface area contributed by atoms with Crippen LogP contribution < -0.4 is 10.6 Å². The van der Waals surface area contributed by atoms with Gasteiger partial charge in [-0.15, -0.1) is 24.0 Å². The zero-order valence-corrected chi connectivity index (χ0v) is 16.4. The van der Waals surface area contributed by atoms with Gasteiger partial charge in [0.05, 0.1) is 19.3 Å².